The van der Waals surface area contributed by atoms with E-state index in [-0.39, 0.29) is 0 Å². The van der Waals surface area contributed by atoms with Crippen LogP contribution in [0.2, 0.25) is 0 Å². The minimum absolute atomic E-state index is 0.301. The van der Waals surface area contributed by atoms with Gasteiger partial charge in [-0.15, -0.1) is 0 Å². The Morgan fingerprint density at radius 2 is 1.93 bits per heavy atom. The third-order valence-corrected chi connectivity index (χ3v) is 3.38. The van der Waals surface area contributed by atoms with E-state index in [1.165, 1.54) is 25.9 Å². The first-order chi connectivity index (χ1) is 7.13. The largest absolute Gasteiger partial charge is 0.378 e. The van der Waals surface area contributed by atoms with Crippen LogP contribution < -0.4 is 5.73 Å². The molecule has 1 fully saturated rings. The molecule has 1 rings (SSSR count). The highest BCUT2D eigenvalue weighted by Crippen LogP contribution is 2.15. The summed E-state index contributed by atoms with van der Waals surface area (Å²) < 4.78 is 5.63. The second-order valence-electron chi connectivity index (χ2n) is 4.79. The SMILES string of the molecule is CCOC1CCN(CC(C)C(C)N)CC1. The van der Waals surface area contributed by atoms with E-state index < -0.39 is 0 Å². The van der Waals surface area contributed by atoms with E-state index >= 15 is 0 Å². The standard InChI is InChI=1S/C12H26N2O/c1-4-15-12-5-7-14(8-6-12)9-10(2)11(3)13/h10-12H,4-9,13H2,1-3H3. The van der Waals surface area contributed by atoms with Crippen molar-refractivity contribution in [3.8, 4) is 0 Å². The van der Waals surface area contributed by atoms with Gasteiger partial charge >= 0.3 is 0 Å². The molecule has 0 aromatic rings. The van der Waals surface area contributed by atoms with Crippen LogP contribution in [0.15, 0.2) is 0 Å². The van der Waals surface area contributed by atoms with Crippen LogP contribution in [0.3, 0.4) is 0 Å². The third kappa shape index (κ3) is 4.49. The summed E-state index contributed by atoms with van der Waals surface area (Å²) in [6.45, 7) is 10.7. The number of piperidine rings is 1. The van der Waals surface area contributed by atoms with Gasteiger partial charge in [0.15, 0.2) is 0 Å². The Labute approximate surface area is 94.0 Å². The van der Waals surface area contributed by atoms with Crippen LogP contribution in [0.5, 0.6) is 0 Å². The van der Waals surface area contributed by atoms with E-state index in [0.29, 0.717) is 18.1 Å². The molecule has 0 saturated carbocycles. The molecule has 0 aliphatic carbocycles. The third-order valence-electron chi connectivity index (χ3n) is 3.38. The fourth-order valence-electron chi connectivity index (χ4n) is 2.07. The Bertz CT molecular complexity index is 165. The molecule has 2 unspecified atom stereocenters. The van der Waals surface area contributed by atoms with Crippen molar-refractivity contribution < 1.29 is 4.74 Å². The number of rotatable bonds is 5. The van der Waals surface area contributed by atoms with E-state index in [1.807, 2.05) is 0 Å². The fraction of sp³-hybridized carbons (Fsp3) is 1.00. The molecule has 1 heterocycles. The van der Waals surface area contributed by atoms with Gasteiger partial charge in [-0.05, 0) is 32.6 Å². The van der Waals surface area contributed by atoms with Gasteiger partial charge < -0.3 is 15.4 Å². The van der Waals surface area contributed by atoms with Crippen molar-refractivity contribution in [3.05, 3.63) is 0 Å². The van der Waals surface area contributed by atoms with Crippen molar-refractivity contribution in [2.24, 2.45) is 11.7 Å². The molecule has 15 heavy (non-hydrogen) atoms. The number of likely N-dealkylation sites (tertiary alicyclic amines) is 1. The summed E-state index contributed by atoms with van der Waals surface area (Å²) in [5.74, 6) is 0.591. The van der Waals surface area contributed by atoms with Gasteiger partial charge in [-0.2, -0.15) is 0 Å². The van der Waals surface area contributed by atoms with Crippen molar-refractivity contribution in [1.29, 1.82) is 0 Å². The Morgan fingerprint density at radius 3 is 2.40 bits per heavy atom. The average Bonchev–Trinajstić information content (AvgIpc) is 2.21. The highest BCUT2D eigenvalue weighted by Gasteiger charge is 2.21. The number of nitrogens with zero attached hydrogens (tertiary/aromatic N) is 1. The van der Waals surface area contributed by atoms with Gasteiger partial charge in [-0.25, -0.2) is 0 Å². The molecule has 2 atom stereocenters. The lowest BCUT2D eigenvalue weighted by Crippen LogP contribution is -2.42. The molecule has 0 aromatic carbocycles. The van der Waals surface area contributed by atoms with E-state index in [4.69, 9.17) is 10.5 Å². The van der Waals surface area contributed by atoms with Gasteiger partial charge in [0.05, 0.1) is 6.10 Å². The summed E-state index contributed by atoms with van der Waals surface area (Å²) in [5.41, 5.74) is 5.88. The lowest BCUT2D eigenvalue weighted by Gasteiger charge is -2.34. The van der Waals surface area contributed by atoms with Crippen LogP contribution in [-0.4, -0.2) is 43.3 Å². The minimum atomic E-state index is 0.301. The summed E-state index contributed by atoms with van der Waals surface area (Å²) in [5, 5.41) is 0. The van der Waals surface area contributed by atoms with E-state index in [9.17, 15) is 0 Å². The zero-order valence-corrected chi connectivity index (χ0v) is 10.4. The molecular formula is C12H26N2O. The van der Waals surface area contributed by atoms with Crippen molar-refractivity contribution in [3.63, 3.8) is 0 Å². The van der Waals surface area contributed by atoms with Crippen molar-refractivity contribution in [2.45, 2.75) is 45.8 Å². The van der Waals surface area contributed by atoms with Gasteiger partial charge in [-0.3, -0.25) is 0 Å². The summed E-state index contributed by atoms with van der Waals surface area (Å²) >= 11 is 0. The Morgan fingerprint density at radius 1 is 1.33 bits per heavy atom. The Kier molecular flexibility index (Phi) is 5.58. The zero-order chi connectivity index (χ0) is 11.3. The molecule has 0 amide bonds. The zero-order valence-electron chi connectivity index (χ0n) is 10.4. The molecule has 3 nitrogen and oxygen atoms in total. The lowest BCUT2D eigenvalue weighted by molar-refractivity contribution is 0.0110. The van der Waals surface area contributed by atoms with Crippen LogP contribution in [0.1, 0.15) is 33.6 Å². The summed E-state index contributed by atoms with van der Waals surface area (Å²) in [6, 6.07) is 0.301. The number of hydrogen-bond acceptors (Lipinski definition) is 3. The molecular weight excluding hydrogens is 188 g/mol. The van der Waals surface area contributed by atoms with Gasteiger partial charge in [0, 0.05) is 32.3 Å². The monoisotopic (exact) mass is 214 g/mol. The van der Waals surface area contributed by atoms with Gasteiger partial charge in [0.2, 0.25) is 0 Å². The highest BCUT2D eigenvalue weighted by molar-refractivity contribution is 4.76. The van der Waals surface area contributed by atoms with E-state index in [2.05, 4.69) is 25.7 Å². The summed E-state index contributed by atoms with van der Waals surface area (Å²) in [4.78, 5) is 2.52. The van der Waals surface area contributed by atoms with Gasteiger partial charge in [0.25, 0.3) is 0 Å². The summed E-state index contributed by atoms with van der Waals surface area (Å²) in [7, 11) is 0. The number of nitrogens with two attached hydrogens (primary N) is 1. The summed E-state index contributed by atoms with van der Waals surface area (Å²) in [6.07, 6.45) is 2.86. The smallest absolute Gasteiger partial charge is 0.0599 e. The lowest BCUT2D eigenvalue weighted by atomic mass is 10.0. The fourth-order valence-corrected chi connectivity index (χ4v) is 2.07. The molecule has 2 N–H and O–H groups in total. The maximum Gasteiger partial charge on any atom is 0.0599 e. The maximum absolute atomic E-state index is 5.88. The normalized spacial score (nSPS) is 24.0. The Hall–Kier alpha value is -0.120. The van der Waals surface area contributed by atoms with Crippen molar-refractivity contribution >= 4 is 0 Å². The molecule has 0 radical (unpaired) electrons. The first-order valence-corrected chi connectivity index (χ1v) is 6.23. The highest BCUT2D eigenvalue weighted by atomic mass is 16.5. The minimum Gasteiger partial charge on any atom is -0.378 e. The molecule has 0 aromatic heterocycles. The molecule has 0 spiro atoms. The van der Waals surface area contributed by atoms with Crippen LogP contribution in [-0.2, 0) is 4.74 Å². The first-order valence-electron chi connectivity index (χ1n) is 6.23. The molecule has 3 heteroatoms. The van der Waals surface area contributed by atoms with Crippen LogP contribution in [0, 0.1) is 5.92 Å². The van der Waals surface area contributed by atoms with Crippen molar-refractivity contribution in [2.75, 3.05) is 26.2 Å². The second-order valence-corrected chi connectivity index (χ2v) is 4.79. The van der Waals surface area contributed by atoms with Gasteiger partial charge in [0.1, 0.15) is 0 Å². The topological polar surface area (TPSA) is 38.5 Å². The first kappa shape index (κ1) is 12.9. The van der Waals surface area contributed by atoms with Crippen LogP contribution >= 0.6 is 0 Å². The van der Waals surface area contributed by atoms with E-state index in [0.717, 1.165) is 13.2 Å². The molecule has 1 aliphatic rings. The van der Waals surface area contributed by atoms with Crippen LogP contribution in [0.4, 0.5) is 0 Å². The predicted molar refractivity (Wildman–Crippen MR) is 63.9 cm³/mol. The Balaban J connectivity index is 2.19. The number of hydrogen-bond donors (Lipinski definition) is 1. The predicted octanol–water partition coefficient (Wildman–Crippen LogP) is 1.47. The maximum atomic E-state index is 5.88. The average molecular weight is 214 g/mol. The quantitative estimate of drug-likeness (QED) is 0.753. The van der Waals surface area contributed by atoms with E-state index in [1.54, 1.807) is 0 Å². The van der Waals surface area contributed by atoms with Crippen LogP contribution in [0.25, 0.3) is 0 Å². The second kappa shape index (κ2) is 6.46. The number of ether oxygens (including phenoxy) is 1. The molecule has 90 valence electrons. The molecule has 1 saturated heterocycles. The molecule has 1 aliphatic heterocycles. The van der Waals surface area contributed by atoms with Gasteiger partial charge in [-0.1, -0.05) is 6.92 Å². The molecule has 0 bridgehead atoms. The van der Waals surface area contributed by atoms with Crippen molar-refractivity contribution in [1.82, 2.24) is 4.90 Å².